The van der Waals surface area contributed by atoms with Gasteiger partial charge in [-0.1, -0.05) is 6.07 Å². The second-order valence-electron chi connectivity index (χ2n) is 5.26. The topological polar surface area (TPSA) is 45.2 Å². The summed E-state index contributed by atoms with van der Waals surface area (Å²) in [6.45, 7) is 2.63. The Morgan fingerprint density at radius 1 is 0.870 bits per heavy atom. The lowest BCUT2D eigenvalue weighted by Gasteiger charge is -2.23. The van der Waals surface area contributed by atoms with Gasteiger partial charge in [-0.2, -0.15) is 13.2 Å². The molecule has 1 fully saturated rings. The van der Waals surface area contributed by atoms with Crippen molar-refractivity contribution in [3.05, 3.63) is 42.4 Å². The summed E-state index contributed by atoms with van der Waals surface area (Å²) in [7, 11) is 0. The first kappa shape index (κ1) is 15.5. The monoisotopic (exact) mass is 323 g/mol. The fraction of sp³-hybridized carbons (Fsp3) is 0.400. The molecule has 0 amide bonds. The van der Waals surface area contributed by atoms with E-state index in [4.69, 9.17) is 0 Å². The Balaban J connectivity index is 1.73. The van der Waals surface area contributed by atoms with Crippen molar-refractivity contribution in [3.8, 4) is 0 Å². The molecular formula is C15H16F3N5. The maximum atomic E-state index is 12.8. The van der Waals surface area contributed by atoms with Crippen LogP contribution in [0.3, 0.4) is 0 Å². The molecule has 0 aliphatic carbocycles. The summed E-state index contributed by atoms with van der Waals surface area (Å²) in [5.41, 5.74) is -0.859. The molecule has 0 radical (unpaired) electrons. The number of hydrogen-bond donors (Lipinski definition) is 0. The molecule has 0 unspecified atom stereocenters. The summed E-state index contributed by atoms with van der Waals surface area (Å²) in [6.07, 6.45) is -0.263. The predicted molar refractivity (Wildman–Crippen MR) is 80.3 cm³/mol. The van der Waals surface area contributed by atoms with Crippen molar-refractivity contribution in [2.75, 3.05) is 36.0 Å². The summed E-state index contributed by atoms with van der Waals surface area (Å²) >= 11 is 0. The van der Waals surface area contributed by atoms with E-state index in [0.29, 0.717) is 31.4 Å². The molecule has 0 spiro atoms. The first-order chi connectivity index (χ1) is 11.0. The van der Waals surface area contributed by atoms with Crippen LogP contribution < -0.4 is 9.80 Å². The third-order valence-electron chi connectivity index (χ3n) is 3.68. The van der Waals surface area contributed by atoms with Crippen LogP contribution in [0.5, 0.6) is 0 Å². The minimum Gasteiger partial charge on any atom is -0.355 e. The molecule has 8 heteroatoms. The molecule has 0 bridgehead atoms. The highest BCUT2D eigenvalue weighted by molar-refractivity contribution is 5.41. The van der Waals surface area contributed by atoms with Gasteiger partial charge in [0.2, 0.25) is 5.95 Å². The van der Waals surface area contributed by atoms with Crippen molar-refractivity contribution in [3.63, 3.8) is 0 Å². The first-order valence-electron chi connectivity index (χ1n) is 7.35. The standard InChI is InChI=1S/C15H16F3N5/c16-15(17,18)12-4-1-5-13(21-12)22-8-3-9-23(11-10-22)14-19-6-2-7-20-14/h1-2,4-7H,3,8-11H2. The van der Waals surface area contributed by atoms with E-state index in [-0.39, 0.29) is 0 Å². The molecule has 122 valence electrons. The van der Waals surface area contributed by atoms with Gasteiger partial charge in [0.25, 0.3) is 0 Å². The normalized spacial score (nSPS) is 16.3. The number of anilines is 2. The fourth-order valence-corrected chi connectivity index (χ4v) is 2.56. The third-order valence-corrected chi connectivity index (χ3v) is 3.68. The van der Waals surface area contributed by atoms with E-state index in [1.54, 1.807) is 24.5 Å². The van der Waals surface area contributed by atoms with Crippen LogP contribution in [0.1, 0.15) is 12.1 Å². The van der Waals surface area contributed by atoms with Gasteiger partial charge in [-0.05, 0) is 24.6 Å². The molecule has 1 saturated heterocycles. The summed E-state index contributed by atoms with van der Waals surface area (Å²) in [4.78, 5) is 16.1. The zero-order valence-electron chi connectivity index (χ0n) is 12.4. The lowest BCUT2D eigenvalue weighted by atomic mass is 10.3. The van der Waals surface area contributed by atoms with Crippen molar-refractivity contribution in [2.45, 2.75) is 12.6 Å². The second kappa shape index (κ2) is 6.39. The van der Waals surface area contributed by atoms with Crippen LogP contribution in [-0.4, -0.2) is 41.1 Å². The summed E-state index contributed by atoms with van der Waals surface area (Å²) < 4.78 is 38.4. The van der Waals surface area contributed by atoms with Gasteiger partial charge in [-0.3, -0.25) is 0 Å². The highest BCUT2D eigenvalue weighted by Crippen LogP contribution is 2.29. The number of hydrogen-bond acceptors (Lipinski definition) is 5. The lowest BCUT2D eigenvalue weighted by molar-refractivity contribution is -0.141. The zero-order valence-corrected chi connectivity index (χ0v) is 12.4. The van der Waals surface area contributed by atoms with Crippen LogP contribution in [-0.2, 0) is 6.18 Å². The molecule has 1 aliphatic heterocycles. The Morgan fingerprint density at radius 3 is 2.30 bits per heavy atom. The van der Waals surface area contributed by atoms with E-state index in [0.717, 1.165) is 19.0 Å². The molecule has 0 aromatic carbocycles. The second-order valence-corrected chi connectivity index (χ2v) is 5.26. The SMILES string of the molecule is FC(F)(F)c1cccc(N2CCCN(c3ncccn3)CC2)n1. The molecule has 2 aromatic rings. The maximum absolute atomic E-state index is 12.8. The minimum atomic E-state index is -4.42. The molecule has 0 saturated carbocycles. The van der Waals surface area contributed by atoms with Crippen molar-refractivity contribution >= 4 is 11.8 Å². The van der Waals surface area contributed by atoms with E-state index in [2.05, 4.69) is 15.0 Å². The number of nitrogens with zero attached hydrogens (tertiary/aromatic N) is 5. The zero-order chi connectivity index (χ0) is 16.3. The molecular weight excluding hydrogens is 307 g/mol. The van der Waals surface area contributed by atoms with E-state index < -0.39 is 11.9 Å². The Morgan fingerprint density at radius 2 is 1.57 bits per heavy atom. The molecule has 2 aromatic heterocycles. The third kappa shape index (κ3) is 3.69. The molecule has 3 rings (SSSR count). The summed E-state index contributed by atoms with van der Waals surface area (Å²) in [6, 6.07) is 5.75. The molecule has 23 heavy (non-hydrogen) atoms. The van der Waals surface area contributed by atoms with Crippen LogP contribution in [0.2, 0.25) is 0 Å². The smallest absolute Gasteiger partial charge is 0.355 e. The van der Waals surface area contributed by atoms with Gasteiger partial charge >= 0.3 is 6.18 Å². The van der Waals surface area contributed by atoms with Gasteiger partial charge in [0, 0.05) is 38.6 Å². The fourth-order valence-electron chi connectivity index (χ4n) is 2.56. The predicted octanol–water partition coefficient (Wildman–Crippen LogP) is 2.61. The molecule has 1 aliphatic rings. The van der Waals surface area contributed by atoms with Gasteiger partial charge in [-0.25, -0.2) is 15.0 Å². The van der Waals surface area contributed by atoms with Crippen LogP contribution >= 0.6 is 0 Å². The minimum absolute atomic E-state index is 0.357. The number of aromatic nitrogens is 3. The Labute approximate surface area is 131 Å². The highest BCUT2D eigenvalue weighted by atomic mass is 19.4. The van der Waals surface area contributed by atoms with Crippen molar-refractivity contribution in [1.82, 2.24) is 15.0 Å². The number of rotatable bonds is 2. The largest absolute Gasteiger partial charge is 0.433 e. The van der Waals surface area contributed by atoms with Crippen molar-refractivity contribution in [1.29, 1.82) is 0 Å². The van der Waals surface area contributed by atoms with E-state index in [1.165, 1.54) is 6.07 Å². The van der Waals surface area contributed by atoms with E-state index in [9.17, 15) is 13.2 Å². The number of halogens is 3. The molecule has 0 atom stereocenters. The van der Waals surface area contributed by atoms with Crippen molar-refractivity contribution in [2.24, 2.45) is 0 Å². The Bertz CT molecular complexity index is 647. The lowest BCUT2D eigenvalue weighted by Crippen LogP contribution is -2.32. The Kier molecular flexibility index (Phi) is 4.31. The average Bonchev–Trinajstić information content (AvgIpc) is 2.81. The highest BCUT2D eigenvalue weighted by Gasteiger charge is 2.33. The van der Waals surface area contributed by atoms with Gasteiger partial charge in [-0.15, -0.1) is 0 Å². The summed E-state index contributed by atoms with van der Waals surface area (Å²) in [5, 5.41) is 0. The quantitative estimate of drug-likeness (QED) is 0.850. The van der Waals surface area contributed by atoms with Crippen molar-refractivity contribution < 1.29 is 13.2 Å². The maximum Gasteiger partial charge on any atom is 0.433 e. The van der Waals surface area contributed by atoms with E-state index >= 15 is 0 Å². The van der Waals surface area contributed by atoms with Crippen LogP contribution in [0.15, 0.2) is 36.7 Å². The number of alkyl halides is 3. The molecule has 0 N–H and O–H groups in total. The molecule has 3 heterocycles. The van der Waals surface area contributed by atoms with Gasteiger partial charge < -0.3 is 9.80 Å². The molecule has 5 nitrogen and oxygen atoms in total. The van der Waals surface area contributed by atoms with Gasteiger partial charge in [0.05, 0.1) is 0 Å². The van der Waals surface area contributed by atoms with Gasteiger partial charge in [0.1, 0.15) is 11.5 Å². The Hall–Kier alpha value is -2.38. The first-order valence-corrected chi connectivity index (χ1v) is 7.35. The average molecular weight is 323 g/mol. The van der Waals surface area contributed by atoms with Crippen LogP contribution in [0, 0.1) is 0 Å². The summed E-state index contributed by atoms with van der Waals surface area (Å²) in [5.74, 6) is 1.00. The van der Waals surface area contributed by atoms with Crippen LogP contribution in [0.4, 0.5) is 24.9 Å². The van der Waals surface area contributed by atoms with Gasteiger partial charge in [0.15, 0.2) is 0 Å². The van der Waals surface area contributed by atoms with E-state index in [1.807, 2.05) is 9.80 Å². The van der Waals surface area contributed by atoms with Crippen LogP contribution in [0.25, 0.3) is 0 Å². The number of pyridine rings is 1.